The second kappa shape index (κ2) is 5.88. The van der Waals surface area contributed by atoms with Crippen LogP contribution in [0.2, 0.25) is 5.02 Å². The van der Waals surface area contributed by atoms with Gasteiger partial charge in [0.1, 0.15) is 6.61 Å². The van der Waals surface area contributed by atoms with Crippen LogP contribution in [0.25, 0.3) is 0 Å². The number of halogens is 8. The molecule has 0 unspecified atom stereocenters. The third kappa shape index (κ3) is 3.91. The molecule has 0 bridgehead atoms. The van der Waals surface area contributed by atoms with E-state index in [9.17, 15) is 30.7 Å². The summed E-state index contributed by atoms with van der Waals surface area (Å²) in [5.41, 5.74) is 5.67. The Morgan fingerprint density at radius 2 is 1.62 bits per heavy atom. The fourth-order valence-corrected chi connectivity index (χ4v) is 1.46. The summed E-state index contributed by atoms with van der Waals surface area (Å²) in [5.74, 6) is -11.6. The molecular weight excluding hydrogens is 331 g/mol. The average Bonchev–Trinajstić information content (AvgIpc) is 2.31. The summed E-state index contributed by atoms with van der Waals surface area (Å²) in [4.78, 5) is 0. The van der Waals surface area contributed by atoms with Crippen LogP contribution in [0.4, 0.5) is 36.4 Å². The molecule has 0 spiro atoms. The molecule has 0 aliphatic carbocycles. The van der Waals surface area contributed by atoms with Crippen molar-refractivity contribution in [3.63, 3.8) is 0 Å². The lowest BCUT2D eigenvalue weighted by atomic mass is 10.1. The molecule has 0 atom stereocenters. The molecule has 0 aliphatic rings. The van der Waals surface area contributed by atoms with E-state index in [0.29, 0.717) is 0 Å². The number of rotatable bonds is 5. The van der Waals surface area contributed by atoms with Crippen LogP contribution in [0, 0.1) is 0 Å². The van der Waals surface area contributed by atoms with Gasteiger partial charge in [-0.2, -0.15) is 30.7 Å². The van der Waals surface area contributed by atoms with E-state index in [1.807, 2.05) is 0 Å². The molecule has 120 valence electrons. The Labute approximate surface area is 119 Å². The van der Waals surface area contributed by atoms with Crippen LogP contribution in [0.3, 0.4) is 0 Å². The zero-order chi connectivity index (χ0) is 16.5. The van der Waals surface area contributed by atoms with Crippen molar-refractivity contribution in [1.29, 1.82) is 0 Å². The molecule has 0 saturated carbocycles. The van der Waals surface area contributed by atoms with Crippen LogP contribution < -0.4 is 5.73 Å². The van der Waals surface area contributed by atoms with Gasteiger partial charge in [-0.15, -0.1) is 0 Å². The number of alkyl halides is 7. The lowest BCUT2D eigenvalue weighted by molar-refractivity contribution is -0.361. The molecule has 10 heteroatoms. The van der Waals surface area contributed by atoms with Crippen LogP contribution in [0.15, 0.2) is 18.2 Å². The van der Waals surface area contributed by atoms with Gasteiger partial charge >= 0.3 is 18.0 Å². The van der Waals surface area contributed by atoms with Gasteiger partial charge in [-0.25, -0.2) is 0 Å². The third-order valence-electron chi connectivity index (χ3n) is 2.43. The Hall–Kier alpha value is -1.22. The van der Waals surface area contributed by atoms with E-state index in [1.165, 1.54) is 18.2 Å². The monoisotopic (exact) mass is 339 g/mol. The maximum Gasteiger partial charge on any atom is 0.459 e. The molecule has 0 fully saturated rings. The van der Waals surface area contributed by atoms with E-state index in [2.05, 4.69) is 4.74 Å². The topological polar surface area (TPSA) is 35.2 Å². The maximum absolute atomic E-state index is 12.9. The second-order valence-electron chi connectivity index (χ2n) is 4.12. The van der Waals surface area contributed by atoms with Crippen LogP contribution >= 0.6 is 11.6 Å². The highest BCUT2D eigenvalue weighted by Gasteiger charge is 2.72. The van der Waals surface area contributed by atoms with Gasteiger partial charge < -0.3 is 10.5 Å². The van der Waals surface area contributed by atoms with E-state index in [0.717, 1.165) is 0 Å². The Bertz CT molecular complexity index is 504. The lowest BCUT2D eigenvalue weighted by Crippen LogP contribution is -2.54. The van der Waals surface area contributed by atoms with Gasteiger partial charge in [0, 0.05) is 10.7 Å². The van der Waals surface area contributed by atoms with Crippen molar-refractivity contribution in [1.82, 2.24) is 0 Å². The van der Waals surface area contributed by atoms with Crippen LogP contribution in [0.1, 0.15) is 5.56 Å². The van der Waals surface area contributed by atoms with Gasteiger partial charge in [-0.05, 0) is 23.8 Å². The summed E-state index contributed by atoms with van der Waals surface area (Å²) < 4.78 is 90.9. The van der Waals surface area contributed by atoms with Gasteiger partial charge in [-0.1, -0.05) is 11.6 Å². The maximum atomic E-state index is 12.9. The van der Waals surface area contributed by atoms with Crippen molar-refractivity contribution >= 4 is 17.3 Å². The molecule has 0 amide bonds. The molecule has 21 heavy (non-hydrogen) atoms. The van der Waals surface area contributed by atoms with Crippen molar-refractivity contribution in [2.75, 3.05) is 12.3 Å². The molecular formula is C11H9ClF7NO. The van der Waals surface area contributed by atoms with Gasteiger partial charge in [-0.3, -0.25) is 0 Å². The number of nitrogens with two attached hydrogens (primary N) is 1. The minimum Gasteiger partial charge on any atom is -0.399 e. The Balaban J connectivity index is 2.72. The minimum absolute atomic E-state index is 0.0510. The fraction of sp³-hybridized carbons (Fsp3) is 0.455. The van der Waals surface area contributed by atoms with Crippen molar-refractivity contribution < 1.29 is 35.5 Å². The molecule has 0 heterocycles. The van der Waals surface area contributed by atoms with E-state index >= 15 is 0 Å². The van der Waals surface area contributed by atoms with Crippen molar-refractivity contribution in [2.45, 2.75) is 24.6 Å². The molecule has 0 aromatic heterocycles. The SMILES string of the molecule is Nc1ccc(Cl)c(COCC(F)(F)C(F)(F)C(F)(F)F)c1. The highest BCUT2D eigenvalue weighted by Crippen LogP contribution is 2.46. The number of benzene rings is 1. The molecule has 2 N–H and O–H groups in total. The Kier molecular flexibility index (Phi) is 4.99. The Morgan fingerprint density at radius 3 is 2.14 bits per heavy atom. The lowest BCUT2D eigenvalue weighted by Gasteiger charge is -2.27. The first-order chi connectivity index (χ1) is 9.38. The average molecular weight is 340 g/mol. The quantitative estimate of drug-likeness (QED) is 0.642. The van der Waals surface area contributed by atoms with Gasteiger partial charge in [0.2, 0.25) is 0 Å². The first-order valence-corrected chi connectivity index (χ1v) is 5.70. The molecule has 2 nitrogen and oxygen atoms in total. The predicted molar refractivity (Wildman–Crippen MR) is 61.5 cm³/mol. The molecule has 1 rings (SSSR count). The predicted octanol–water partition coefficient (Wildman–Crippen LogP) is 4.27. The van der Waals surface area contributed by atoms with Crippen LogP contribution in [-0.4, -0.2) is 24.6 Å². The number of ether oxygens (including phenoxy) is 1. The Morgan fingerprint density at radius 1 is 1.05 bits per heavy atom. The van der Waals surface area contributed by atoms with Crippen molar-refractivity contribution in [3.05, 3.63) is 28.8 Å². The second-order valence-corrected chi connectivity index (χ2v) is 4.53. The highest BCUT2D eigenvalue weighted by atomic mass is 35.5. The van der Waals surface area contributed by atoms with E-state index < -0.39 is 31.2 Å². The standard InChI is InChI=1S/C11H9ClF7NO/c12-8-2-1-7(20)3-6(8)4-21-5-9(13,14)10(15,16)11(17,18)19/h1-3H,4-5,20H2. The normalized spacial score (nSPS) is 13.5. The zero-order valence-electron chi connectivity index (χ0n) is 10.2. The third-order valence-corrected chi connectivity index (χ3v) is 2.79. The van der Waals surface area contributed by atoms with Gasteiger partial charge in [0.15, 0.2) is 0 Å². The van der Waals surface area contributed by atoms with Gasteiger partial charge in [0.05, 0.1) is 6.61 Å². The minimum atomic E-state index is -6.38. The molecule has 0 aliphatic heterocycles. The van der Waals surface area contributed by atoms with E-state index in [-0.39, 0.29) is 16.3 Å². The van der Waals surface area contributed by atoms with E-state index in [1.54, 1.807) is 0 Å². The van der Waals surface area contributed by atoms with Crippen LogP contribution in [0.5, 0.6) is 0 Å². The van der Waals surface area contributed by atoms with Crippen molar-refractivity contribution in [3.8, 4) is 0 Å². The van der Waals surface area contributed by atoms with Gasteiger partial charge in [0.25, 0.3) is 0 Å². The first-order valence-electron chi connectivity index (χ1n) is 5.32. The van der Waals surface area contributed by atoms with E-state index in [4.69, 9.17) is 17.3 Å². The largest absolute Gasteiger partial charge is 0.459 e. The van der Waals surface area contributed by atoms with Crippen LogP contribution in [-0.2, 0) is 11.3 Å². The molecule has 0 radical (unpaired) electrons. The summed E-state index contributed by atoms with van der Waals surface area (Å²) in [6.45, 7) is -2.81. The summed E-state index contributed by atoms with van der Waals surface area (Å²) in [6.07, 6.45) is -6.38. The summed E-state index contributed by atoms with van der Waals surface area (Å²) >= 11 is 5.66. The highest BCUT2D eigenvalue weighted by molar-refractivity contribution is 6.31. The number of hydrogen-bond donors (Lipinski definition) is 1. The number of nitrogen functional groups attached to an aromatic ring is 1. The summed E-state index contributed by atoms with van der Waals surface area (Å²) in [7, 11) is 0. The molecule has 1 aromatic rings. The number of anilines is 1. The zero-order valence-corrected chi connectivity index (χ0v) is 10.9. The molecule has 0 saturated heterocycles. The first kappa shape index (κ1) is 17.8. The number of hydrogen-bond acceptors (Lipinski definition) is 2. The molecule has 1 aromatic carbocycles. The van der Waals surface area contributed by atoms with Crippen molar-refractivity contribution in [2.24, 2.45) is 0 Å². The summed E-state index contributed by atoms with van der Waals surface area (Å²) in [5, 5.41) is 0.0510. The smallest absolute Gasteiger partial charge is 0.399 e. The fourth-order valence-electron chi connectivity index (χ4n) is 1.29. The summed E-state index contributed by atoms with van der Waals surface area (Å²) in [6, 6.07) is 3.92.